The fourth-order valence-corrected chi connectivity index (χ4v) is 4.79. The monoisotopic (exact) mass is 402 g/mol. The Morgan fingerprint density at radius 2 is 2.19 bits per heavy atom. The van der Waals surface area contributed by atoms with Crippen molar-refractivity contribution in [2.24, 2.45) is 11.8 Å². The summed E-state index contributed by atoms with van der Waals surface area (Å²) in [6, 6.07) is -0.413. The van der Waals surface area contributed by atoms with Crippen LogP contribution >= 0.6 is 0 Å². The third-order valence-electron chi connectivity index (χ3n) is 5.81. The van der Waals surface area contributed by atoms with Crippen molar-refractivity contribution in [3.8, 4) is 0 Å². The number of hydrogen-bond donors (Lipinski definition) is 5. The Bertz CT molecular complexity index is 684. The number of carbonyl (C=O) groups excluding carboxylic acids is 1. The van der Waals surface area contributed by atoms with Gasteiger partial charge >= 0.3 is 5.97 Å². The van der Waals surface area contributed by atoms with E-state index in [1.165, 1.54) is 4.90 Å². The summed E-state index contributed by atoms with van der Waals surface area (Å²) in [5, 5.41) is 22.8. The van der Waals surface area contributed by atoms with Crippen molar-refractivity contribution in [2.75, 3.05) is 32.7 Å². The molecule has 3 aliphatic heterocycles. The van der Waals surface area contributed by atoms with Gasteiger partial charge in [-0.05, 0) is 12.5 Å². The van der Waals surface area contributed by atoms with E-state index in [9.17, 15) is 24.0 Å². The number of β-lactam (4-membered cyclic amide) rings is 1. The lowest BCUT2D eigenvalue weighted by molar-refractivity contribution is -0.163. The summed E-state index contributed by atoms with van der Waals surface area (Å²) in [6.45, 7) is 6.08. The zero-order chi connectivity index (χ0) is 19.9. The highest BCUT2D eigenvalue weighted by molar-refractivity contribution is 7.77. The SMILES string of the molecule is C[C@@H](O)[C@H]1C(=O)N2C(C(=O)O)=C(CN3CCNCC3CNS(=O)O)[C@H](C)[C@H]12. The average Bonchev–Trinajstić information content (AvgIpc) is 2.83. The van der Waals surface area contributed by atoms with E-state index in [1.807, 2.05) is 6.92 Å². The second kappa shape index (κ2) is 7.94. The van der Waals surface area contributed by atoms with Crippen molar-refractivity contribution in [2.45, 2.75) is 32.0 Å². The van der Waals surface area contributed by atoms with Gasteiger partial charge in [-0.15, -0.1) is 0 Å². The Morgan fingerprint density at radius 1 is 1.48 bits per heavy atom. The molecule has 11 heteroatoms. The lowest BCUT2D eigenvalue weighted by atomic mass is 9.77. The number of aliphatic hydroxyl groups is 1. The van der Waals surface area contributed by atoms with Crippen LogP contribution in [0.3, 0.4) is 0 Å². The molecule has 10 nitrogen and oxygen atoms in total. The molecule has 0 aromatic rings. The van der Waals surface area contributed by atoms with E-state index in [4.69, 9.17) is 4.55 Å². The van der Waals surface area contributed by atoms with Gasteiger partial charge in [-0.3, -0.25) is 14.2 Å². The molecule has 0 bridgehead atoms. The van der Waals surface area contributed by atoms with Gasteiger partial charge in [0.25, 0.3) is 0 Å². The number of nitrogens with one attached hydrogen (secondary N) is 2. The summed E-state index contributed by atoms with van der Waals surface area (Å²) in [7, 11) is 0. The largest absolute Gasteiger partial charge is 0.477 e. The second-order valence-electron chi connectivity index (χ2n) is 7.36. The molecule has 2 unspecified atom stereocenters. The molecule has 2 saturated heterocycles. The van der Waals surface area contributed by atoms with Gasteiger partial charge in [-0.1, -0.05) is 6.92 Å². The molecule has 2 fully saturated rings. The average molecular weight is 402 g/mol. The first kappa shape index (κ1) is 20.4. The molecule has 0 aromatic heterocycles. The van der Waals surface area contributed by atoms with Gasteiger partial charge < -0.3 is 20.4 Å². The van der Waals surface area contributed by atoms with E-state index in [2.05, 4.69) is 14.9 Å². The van der Waals surface area contributed by atoms with Crippen molar-refractivity contribution in [1.82, 2.24) is 19.8 Å². The first-order chi connectivity index (χ1) is 12.7. The number of piperazine rings is 1. The van der Waals surface area contributed by atoms with Gasteiger partial charge in [0, 0.05) is 44.7 Å². The summed E-state index contributed by atoms with van der Waals surface area (Å²) >= 11 is -2.11. The number of aliphatic carboxylic acids is 1. The minimum Gasteiger partial charge on any atom is -0.477 e. The van der Waals surface area contributed by atoms with E-state index in [1.54, 1.807) is 6.92 Å². The summed E-state index contributed by atoms with van der Waals surface area (Å²) in [5.41, 5.74) is 0.686. The van der Waals surface area contributed by atoms with E-state index in [-0.39, 0.29) is 36.2 Å². The standard InChI is InChI=1S/C16H26N4O6S/c1-8-11(7-19-4-3-17-5-10(19)6-18-27(25)26)14(16(23)24)20-13(8)12(9(2)21)15(20)22/h8-10,12-13,17-18,21H,3-7H2,1-2H3,(H,23,24)(H,25,26)/t8-,9+,10?,12+,13+/m0/s1. The third kappa shape index (κ3) is 3.67. The van der Waals surface area contributed by atoms with Gasteiger partial charge in [0.15, 0.2) is 0 Å². The maximum atomic E-state index is 12.4. The van der Waals surface area contributed by atoms with Gasteiger partial charge in [-0.2, -0.15) is 0 Å². The molecule has 0 aliphatic carbocycles. The minimum absolute atomic E-state index is 0.0189. The molecule has 5 N–H and O–H groups in total. The van der Waals surface area contributed by atoms with E-state index in [0.717, 1.165) is 6.54 Å². The van der Waals surface area contributed by atoms with Crippen LogP contribution in [-0.2, 0) is 20.9 Å². The highest BCUT2D eigenvalue weighted by Crippen LogP contribution is 2.47. The molecule has 3 aliphatic rings. The van der Waals surface area contributed by atoms with Gasteiger partial charge in [0.05, 0.1) is 18.1 Å². The number of nitrogens with zero attached hydrogens (tertiary/aromatic N) is 2. The summed E-state index contributed by atoms with van der Waals surface area (Å²) < 4.78 is 22.4. The number of aliphatic hydroxyl groups excluding tert-OH is 1. The molecule has 3 heterocycles. The molecule has 0 aromatic carbocycles. The summed E-state index contributed by atoms with van der Waals surface area (Å²) in [5.74, 6) is -2.24. The van der Waals surface area contributed by atoms with Crippen LogP contribution < -0.4 is 10.0 Å². The van der Waals surface area contributed by atoms with Crippen LogP contribution in [-0.4, -0.2) is 91.6 Å². The molecule has 0 spiro atoms. The lowest BCUT2D eigenvalue weighted by Gasteiger charge is -2.46. The van der Waals surface area contributed by atoms with Crippen molar-refractivity contribution in [3.63, 3.8) is 0 Å². The van der Waals surface area contributed by atoms with Crippen LogP contribution in [0.1, 0.15) is 13.8 Å². The van der Waals surface area contributed by atoms with Crippen LogP contribution in [0.2, 0.25) is 0 Å². The predicted octanol–water partition coefficient (Wildman–Crippen LogP) is -1.82. The number of amides is 1. The summed E-state index contributed by atoms with van der Waals surface area (Å²) in [6.07, 6.45) is -0.828. The molecule has 0 radical (unpaired) electrons. The predicted molar refractivity (Wildman–Crippen MR) is 96.6 cm³/mol. The Morgan fingerprint density at radius 3 is 2.78 bits per heavy atom. The maximum Gasteiger partial charge on any atom is 0.352 e. The van der Waals surface area contributed by atoms with Crippen LogP contribution in [0.4, 0.5) is 0 Å². The number of rotatable bonds is 7. The molecule has 6 atom stereocenters. The molecule has 27 heavy (non-hydrogen) atoms. The first-order valence-corrected chi connectivity index (χ1v) is 10.1. The number of carboxylic acids is 1. The summed E-state index contributed by atoms with van der Waals surface area (Å²) in [4.78, 5) is 27.7. The topological polar surface area (TPSA) is 142 Å². The number of carboxylic acid groups (broad SMARTS) is 1. The lowest BCUT2D eigenvalue weighted by Crippen LogP contribution is -2.63. The van der Waals surface area contributed by atoms with Crippen molar-refractivity contribution < 1.29 is 28.6 Å². The van der Waals surface area contributed by atoms with E-state index < -0.39 is 29.3 Å². The first-order valence-electron chi connectivity index (χ1n) is 9.00. The molecule has 152 valence electrons. The van der Waals surface area contributed by atoms with Gasteiger partial charge in [0.1, 0.15) is 5.70 Å². The van der Waals surface area contributed by atoms with Crippen molar-refractivity contribution in [1.29, 1.82) is 0 Å². The number of carbonyl (C=O) groups is 2. The zero-order valence-electron chi connectivity index (χ0n) is 15.3. The molecule has 0 saturated carbocycles. The molecular weight excluding hydrogens is 376 g/mol. The molecule has 1 amide bonds. The number of fused-ring (bicyclic) bond motifs is 1. The van der Waals surface area contributed by atoms with Crippen LogP contribution in [0.5, 0.6) is 0 Å². The van der Waals surface area contributed by atoms with Gasteiger partial charge in [-0.25, -0.2) is 13.7 Å². The van der Waals surface area contributed by atoms with Gasteiger partial charge in [0.2, 0.25) is 17.2 Å². The fourth-order valence-electron chi connectivity index (χ4n) is 4.45. The quantitative estimate of drug-likeness (QED) is 0.248. The van der Waals surface area contributed by atoms with E-state index >= 15 is 0 Å². The third-order valence-corrected chi connectivity index (χ3v) is 6.22. The van der Waals surface area contributed by atoms with Crippen LogP contribution in [0, 0.1) is 11.8 Å². The normalized spacial score (nSPS) is 33.6. The van der Waals surface area contributed by atoms with Crippen LogP contribution in [0.15, 0.2) is 11.3 Å². The van der Waals surface area contributed by atoms with Crippen molar-refractivity contribution >= 4 is 23.1 Å². The Hall–Kier alpha value is -1.37. The highest BCUT2D eigenvalue weighted by Gasteiger charge is 2.59. The Balaban J connectivity index is 1.82. The molecular formula is C16H26N4O6S. The fraction of sp³-hybridized carbons (Fsp3) is 0.750. The van der Waals surface area contributed by atoms with Crippen LogP contribution in [0.25, 0.3) is 0 Å². The molecule has 3 rings (SSSR count). The number of hydrogen-bond acceptors (Lipinski definition) is 6. The Kier molecular flexibility index (Phi) is 5.99. The van der Waals surface area contributed by atoms with E-state index in [0.29, 0.717) is 25.2 Å². The maximum absolute atomic E-state index is 12.4. The Labute approximate surface area is 160 Å². The second-order valence-corrected chi connectivity index (χ2v) is 8.15. The van der Waals surface area contributed by atoms with Crippen molar-refractivity contribution in [3.05, 3.63) is 11.3 Å². The highest BCUT2D eigenvalue weighted by atomic mass is 32.2. The zero-order valence-corrected chi connectivity index (χ0v) is 16.1. The minimum atomic E-state index is -2.11. The smallest absolute Gasteiger partial charge is 0.352 e.